The average Bonchev–Trinajstić information content (AvgIpc) is 2.98. The maximum atomic E-state index is 12.8. The number of hydrogen-bond acceptors (Lipinski definition) is 4. The van der Waals surface area contributed by atoms with Gasteiger partial charge >= 0.3 is 0 Å². The normalized spacial score (nSPS) is 10.9. The maximum Gasteiger partial charge on any atom is 0.255 e. The summed E-state index contributed by atoms with van der Waals surface area (Å²) in [6.45, 7) is 9.62. The summed E-state index contributed by atoms with van der Waals surface area (Å²) < 4.78 is 3.00. The molecule has 1 N–H and O–H groups in total. The van der Waals surface area contributed by atoms with Gasteiger partial charge in [-0.15, -0.1) is 0 Å². The van der Waals surface area contributed by atoms with Crippen molar-refractivity contribution in [3.8, 4) is 5.95 Å². The number of carbonyl (C=O) groups excluding carboxylic acids is 1. The molecule has 7 nitrogen and oxygen atoms in total. The Hall–Kier alpha value is -3.22. The smallest absolute Gasteiger partial charge is 0.255 e. The van der Waals surface area contributed by atoms with E-state index in [1.54, 1.807) is 4.68 Å². The molecule has 0 atom stereocenters. The molecule has 3 aromatic rings. The van der Waals surface area contributed by atoms with Gasteiger partial charge in [0.1, 0.15) is 6.54 Å². The number of aryl methyl sites for hydroxylation is 5. The molecule has 0 unspecified atom stereocenters. The predicted molar refractivity (Wildman–Crippen MR) is 114 cm³/mol. The summed E-state index contributed by atoms with van der Waals surface area (Å²) >= 11 is 0. The van der Waals surface area contributed by atoms with Crippen LogP contribution in [0.1, 0.15) is 41.6 Å². The number of aromatic nitrogens is 4. The number of nitrogens with zero attached hydrogens (tertiary/aromatic N) is 4. The molecule has 0 aliphatic rings. The zero-order valence-electron chi connectivity index (χ0n) is 17.6. The summed E-state index contributed by atoms with van der Waals surface area (Å²) in [6.07, 6.45) is 1.57. The van der Waals surface area contributed by atoms with E-state index in [2.05, 4.69) is 15.4 Å². The van der Waals surface area contributed by atoms with Gasteiger partial charge in [-0.3, -0.25) is 14.2 Å². The van der Waals surface area contributed by atoms with Crippen molar-refractivity contribution in [2.24, 2.45) is 0 Å². The van der Waals surface area contributed by atoms with Crippen LogP contribution in [0.25, 0.3) is 5.95 Å². The Morgan fingerprint density at radius 3 is 2.48 bits per heavy atom. The SMILES string of the molecule is CCCc1cc(=O)n(CC(=O)Nc2ccc(C)cc2C)c(-n2nc(C)cc2C)n1. The molecule has 2 heterocycles. The minimum Gasteiger partial charge on any atom is -0.324 e. The minimum atomic E-state index is -0.285. The Bertz CT molecular complexity index is 1110. The molecular weight excluding hydrogens is 366 g/mol. The van der Waals surface area contributed by atoms with Gasteiger partial charge in [0.05, 0.1) is 5.69 Å². The van der Waals surface area contributed by atoms with Crippen LogP contribution < -0.4 is 10.9 Å². The molecule has 0 saturated heterocycles. The van der Waals surface area contributed by atoms with Crippen LogP contribution in [0, 0.1) is 27.7 Å². The molecule has 0 radical (unpaired) electrons. The second-order valence-corrected chi connectivity index (χ2v) is 7.43. The highest BCUT2D eigenvalue weighted by Gasteiger charge is 2.17. The Balaban J connectivity index is 1.98. The lowest BCUT2D eigenvalue weighted by molar-refractivity contribution is -0.116. The molecule has 0 bridgehead atoms. The Morgan fingerprint density at radius 2 is 1.86 bits per heavy atom. The number of carbonyl (C=O) groups is 1. The monoisotopic (exact) mass is 393 g/mol. The van der Waals surface area contributed by atoms with E-state index in [1.165, 1.54) is 10.6 Å². The third kappa shape index (κ3) is 4.62. The van der Waals surface area contributed by atoms with E-state index in [4.69, 9.17) is 0 Å². The lowest BCUT2D eigenvalue weighted by atomic mass is 10.1. The van der Waals surface area contributed by atoms with E-state index in [0.29, 0.717) is 18.1 Å². The molecular formula is C22H27N5O2. The molecule has 0 fully saturated rings. The summed E-state index contributed by atoms with van der Waals surface area (Å²) in [6, 6.07) is 9.24. The van der Waals surface area contributed by atoms with Gasteiger partial charge in [0.15, 0.2) is 0 Å². The van der Waals surface area contributed by atoms with Gasteiger partial charge in [-0.2, -0.15) is 5.10 Å². The lowest BCUT2D eigenvalue weighted by Gasteiger charge is -2.15. The maximum absolute atomic E-state index is 12.8. The standard InChI is InChI=1S/C22H27N5O2/c1-6-7-18-12-21(29)26(22(23-18)27-17(5)11-16(4)25-27)13-20(28)24-19-9-8-14(2)10-15(19)3/h8-12H,6-7,13H2,1-5H3,(H,24,28). The zero-order valence-corrected chi connectivity index (χ0v) is 17.6. The van der Waals surface area contributed by atoms with Crippen LogP contribution in [0.15, 0.2) is 35.1 Å². The van der Waals surface area contributed by atoms with Crippen molar-refractivity contribution in [1.82, 2.24) is 19.3 Å². The van der Waals surface area contributed by atoms with Gasteiger partial charge in [0.2, 0.25) is 11.9 Å². The second kappa shape index (κ2) is 8.43. The molecule has 0 aliphatic heterocycles. The van der Waals surface area contributed by atoms with Crippen LogP contribution in [-0.4, -0.2) is 25.2 Å². The van der Waals surface area contributed by atoms with Gasteiger partial charge in [0, 0.05) is 23.1 Å². The summed E-state index contributed by atoms with van der Waals surface area (Å²) in [5.41, 5.74) is 4.94. The van der Waals surface area contributed by atoms with Gasteiger partial charge in [-0.05, 0) is 51.8 Å². The number of nitrogens with one attached hydrogen (secondary N) is 1. The number of amides is 1. The van der Waals surface area contributed by atoms with E-state index < -0.39 is 0 Å². The summed E-state index contributed by atoms with van der Waals surface area (Å²) in [7, 11) is 0. The minimum absolute atomic E-state index is 0.140. The van der Waals surface area contributed by atoms with Crippen molar-refractivity contribution in [3.63, 3.8) is 0 Å². The molecule has 0 saturated carbocycles. The average molecular weight is 393 g/mol. The van der Waals surface area contributed by atoms with Crippen molar-refractivity contribution in [1.29, 1.82) is 0 Å². The zero-order chi connectivity index (χ0) is 21.1. The number of rotatable bonds is 6. The van der Waals surface area contributed by atoms with Crippen molar-refractivity contribution in [3.05, 3.63) is 68.9 Å². The highest BCUT2D eigenvalue weighted by Crippen LogP contribution is 2.16. The highest BCUT2D eigenvalue weighted by molar-refractivity contribution is 5.91. The lowest BCUT2D eigenvalue weighted by Crippen LogP contribution is -2.32. The van der Waals surface area contributed by atoms with Crippen LogP contribution >= 0.6 is 0 Å². The largest absolute Gasteiger partial charge is 0.324 e. The topological polar surface area (TPSA) is 81.8 Å². The molecule has 0 aliphatic carbocycles. The van der Waals surface area contributed by atoms with E-state index in [0.717, 1.165) is 34.6 Å². The molecule has 29 heavy (non-hydrogen) atoms. The summed E-state index contributed by atoms with van der Waals surface area (Å²) in [5, 5.41) is 7.36. The third-order valence-electron chi connectivity index (χ3n) is 4.70. The number of anilines is 1. The Morgan fingerprint density at radius 1 is 1.10 bits per heavy atom. The molecule has 1 amide bonds. The molecule has 0 spiro atoms. The first-order valence-electron chi connectivity index (χ1n) is 9.80. The fraction of sp³-hybridized carbons (Fsp3) is 0.364. The Kier molecular flexibility index (Phi) is 5.96. The van der Waals surface area contributed by atoms with Crippen molar-refractivity contribution < 1.29 is 4.79 Å². The summed E-state index contributed by atoms with van der Waals surface area (Å²) in [4.78, 5) is 30.2. The predicted octanol–water partition coefficient (Wildman–Crippen LogP) is 3.25. The first kappa shape index (κ1) is 20.5. The van der Waals surface area contributed by atoms with E-state index in [9.17, 15) is 9.59 Å². The Labute approximate surface area is 170 Å². The van der Waals surface area contributed by atoms with Gasteiger partial charge in [-0.1, -0.05) is 31.0 Å². The van der Waals surface area contributed by atoms with E-state index in [-0.39, 0.29) is 18.0 Å². The third-order valence-corrected chi connectivity index (χ3v) is 4.70. The van der Waals surface area contributed by atoms with E-state index in [1.807, 2.05) is 58.9 Å². The molecule has 7 heteroatoms. The molecule has 3 rings (SSSR count). The molecule has 2 aromatic heterocycles. The van der Waals surface area contributed by atoms with Gasteiger partial charge in [-0.25, -0.2) is 9.67 Å². The van der Waals surface area contributed by atoms with Crippen LogP contribution in [0.2, 0.25) is 0 Å². The van der Waals surface area contributed by atoms with Crippen molar-refractivity contribution in [2.45, 2.75) is 54.0 Å². The quantitative estimate of drug-likeness (QED) is 0.697. The van der Waals surface area contributed by atoms with Gasteiger partial charge < -0.3 is 5.32 Å². The first-order valence-corrected chi connectivity index (χ1v) is 9.80. The van der Waals surface area contributed by atoms with E-state index >= 15 is 0 Å². The first-order chi connectivity index (χ1) is 13.8. The molecule has 152 valence electrons. The fourth-order valence-corrected chi connectivity index (χ4v) is 3.35. The number of hydrogen-bond donors (Lipinski definition) is 1. The second-order valence-electron chi connectivity index (χ2n) is 7.43. The fourth-order valence-electron chi connectivity index (χ4n) is 3.35. The highest BCUT2D eigenvalue weighted by atomic mass is 16.2. The van der Waals surface area contributed by atoms with Crippen LogP contribution in [0.5, 0.6) is 0 Å². The molecule has 1 aromatic carbocycles. The van der Waals surface area contributed by atoms with Gasteiger partial charge in [0.25, 0.3) is 5.56 Å². The van der Waals surface area contributed by atoms with Crippen molar-refractivity contribution >= 4 is 11.6 Å². The van der Waals surface area contributed by atoms with Crippen LogP contribution in [0.4, 0.5) is 5.69 Å². The number of benzene rings is 1. The summed E-state index contributed by atoms with van der Waals surface area (Å²) in [5.74, 6) is 0.0780. The van der Waals surface area contributed by atoms with Crippen LogP contribution in [-0.2, 0) is 17.8 Å². The van der Waals surface area contributed by atoms with Crippen LogP contribution in [0.3, 0.4) is 0 Å². The van der Waals surface area contributed by atoms with Crippen molar-refractivity contribution in [2.75, 3.05) is 5.32 Å².